The highest BCUT2D eigenvalue weighted by molar-refractivity contribution is 5.77. The molecular weight excluding hydrogens is 294 g/mol. The molecule has 0 aromatic carbocycles. The Hall–Kier alpha value is -1.85. The monoisotopic (exact) mass is 321 g/mol. The molecule has 0 bridgehead atoms. The Morgan fingerprint density at radius 2 is 2.00 bits per heavy atom. The summed E-state index contributed by atoms with van der Waals surface area (Å²) in [6.07, 6.45) is 2.71. The lowest BCUT2D eigenvalue weighted by Crippen LogP contribution is -2.39. The summed E-state index contributed by atoms with van der Waals surface area (Å²) < 4.78 is 4.72. The molecule has 1 aliphatic rings. The largest absolute Gasteiger partial charge is 0.469 e. The van der Waals surface area contributed by atoms with Crippen molar-refractivity contribution < 1.29 is 14.3 Å². The van der Waals surface area contributed by atoms with Crippen LogP contribution in [-0.4, -0.2) is 47.2 Å². The van der Waals surface area contributed by atoms with E-state index in [-0.39, 0.29) is 17.8 Å². The number of aromatic nitrogens is 2. The molecule has 6 heteroatoms. The van der Waals surface area contributed by atoms with Crippen molar-refractivity contribution in [3.05, 3.63) is 17.0 Å². The maximum Gasteiger partial charge on any atom is 0.305 e. The first-order valence-corrected chi connectivity index (χ1v) is 8.28. The number of amides is 1. The Balaban J connectivity index is 1.84. The molecule has 1 saturated heterocycles. The molecule has 1 unspecified atom stereocenters. The Kier molecular flexibility index (Phi) is 5.80. The molecule has 0 radical (unpaired) electrons. The van der Waals surface area contributed by atoms with Crippen LogP contribution >= 0.6 is 0 Å². The molecule has 1 aromatic rings. The lowest BCUT2D eigenvalue weighted by Gasteiger charge is -2.32. The van der Waals surface area contributed by atoms with Crippen LogP contribution in [0.1, 0.15) is 55.5 Å². The second-order valence-corrected chi connectivity index (χ2v) is 6.56. The van der Waals surface area contributed by atoms with E-state index in [2.05, 4.69) is 17.1 Å². The summed E-state index contributed by atoms with van der Waals surface area (Å²) in [6.45, 7) is 7.51. The van der Waals surface area contributed by atoms with Crippen LogP contribution in [0.3, 0.4) is 0 Å². The number of esters is 1. The summed E-state index contributed by atoms with van der Waals surface area (Å²) in [7, 11) is 1.42. The maximum atomic E-state index is 12.5. The first-order chi connectivity index (χ1) is 10.9. The zero-order valence-electron chi connectivity index (χ0n) is 14.5. The molecule has 1 fully saturated rings. The van der Waals surface area contributed by atoms with Crippen molar-refractivity contribution in [2.24, 2.45) is 5.92 Å². The number of ether oxygens (including phenoxy) is 1. The highest BCUT2D eigenvalue weighted by Gasteiger charge is 2.26. The van der Waals surface area contributed by atoms with Gasteiger partial charge in [0.2, 0.25) is 5.91 Å². The van der Waals surface area contributed by atoms with Gasteiger partial charge in [-0.05, 0) is 44.1 Å². The third kappa shape index (κ3) is 4.33. The van der Waals surface area contributed by atoms with E-state index in [9.17, 15) is 9.59 Å². The van der Waals surface area contributed by atoms with Crippen molar-refractivity contribution in [2.75, 3.05) is 20.2 Å². The fourth-order valence-electron chi connectivity index (χ4n) is 3.48. The number of aryl methyl sites for hydroxylation is 2. The first-order valence-electron chi connectivity index (χ1n) is 8.28. The number of likely N-dealkylation sites (tertiary alicyclic amines) is 1. The molecule has 0 spiro atoms. The van der Waals surface area contributed by atoms with Crippen LogP contribution in [0, 0.1) is 19.8 Å². The van der Waals surface area contributed by atoms with E-state index in [0.717, 1.165) is 42.9 Å². The average molecular weight is 321 g/mol. The van der Waals surface area contributed by atoms with Gasteiger partial charge in [-0.25, -0.2) is 0 Å². The van der Waals surface area contributed by atoms with Gasteiger partial charge in [0.05, 0.1) is 12.8 Å². The molecule has 0 aliphatic carbocycles. The summed E-state index contributed by atoms with van der Waals surface area (Å²) in [6, 6.07) is 0. The van der Waals surface area contributed by atoms with Crippen molar-refractivity contribution in [3.8, 4) is 0 Å². The topological polar surface area (TPSA) is 75.3 Å². The number of rotatable bonds is 5. The van der Waals surface area contributed by atoms with Crippen LogP contribution in [0.2, 0.25) is 0 Å². The first kappa shape index (κ1) is 17.5. The Morgan fingerprint density at radius 1 is 1.35 bits per heavy atom. The second kappa shape index (κ2) is 7.62. The van der Waals surface area contributed by atoms with Gasteiger partial charge in [0, 0.05) is 31.6 Å². The lowest BCUT2D eigenvalue weighted by molar-refractivity contribution is -0.142. The van der Waals surface area contributed by atoms with E-state index in [4.69, 9.17) is 4.74 Å². The summed E-state index contributed by atoms with van der Waals surface area (Å²) in [5, 5.41) is 7.19. The highest BCUT2D eigenvalue weighted by atomic mass is 16.5. The van der Waals surface area contributed by atoms with Crippen molar-refractivity contribution >= 4 is 11.9 Å². The molecule has 1 aliphatic heterocycles. The molecule has 1 N–H and O–H groups in total. The Morgan fingerprint density at radius 3 is 2.52 bits per heavy atom. The van der Waals surface area contributed by atoms with Gasteiger partial charge in [-0.1, -0.05) is 6.92 Å². The maximum absolute atomic E-state index is 12.5. The SMILES string of the molecule is COC(=O)CC1CCN(C(=O)CC(C)c2c(C)n[nH]c2C)CC1. The molecule has 2 rings (SSSR count). The third-order valence-corrected chi connectivity index (χ3v) is 4.81. The van der Waals surface area contributed by atoms with E-state index in [1.54, 1.807) is 0 Å². The molecule has 6 nitrogen and oxygen atoms in total. The normalized spacial score (nSPS) is 17.1. The molecule has 1 atom stereocenters. The zero-order valence-corrected chi connectivity index (χ0v) is 14.5. The van der Waals surface area contributed by atoms with Crippen LogP contribution in [0.5, 0.6) is 0 Å². The number of nitrogens with one attached hydrogen (secondary N) is 1. The van der Waals surface area contributed by atoms with E-state index in [0.29, 0.717) is 18.8 Å². The smallest absolute Gasteiger partial charge is 0.305 e. The zero-order chi connectivity index (χ0) is 17.0. The van der Waals surface area contributed by atoms with Crippen LogP contribution in [0.4, 0.5) is 0 Å². The number of nitrogens with zero attached hydrogens (tertiary/aromatic N) is 2. The van der Waals surface area contributed by atoms with Crippen molar-refractivity contribution in [1.29, 1.82) is 0 Å². The van der Waals surface area contributed by atoms with E-state index >= 15 is 0 Å². The molecule has 1 aromatic heterocycles. The van der Waals surface area contributed by atoms with Crippen molar-refractivity contribution in [2.45, 2.75) is 52.4 Å². The van der Waals surface area contributed by atoms with E-state index in [1.165, 1.54) is 7.11 Å². The summed E-state index contributed by atoms with van der Waals surface area (Å²) in [5.41, 5.74) is 3.16. The van der Waals surface area contributed by atoms with Crippen molar-refractivity contribution in [3.63, 3.8) is 0 Å². The molecule has 1 amide bonds. The van der Waals surface area contributed by atoms with Gasteiger partial charge in [0.25, 0.3) is 0 Å². The van der Waals surface area contributed by atoms with Crippen LogP contribution < -0.4 is 0 Å². The van der Waals surface area contributed by atoms with Gasteiger partial charge in [0.1, 0.15) is 0 Å². The van der Waals surface area contributed by atoms with Gasteiger partial charge in [-0.15, -0.1) is 0 Å². The Bertz CT molecular complexity index is 540. The fraction of sp³-hybridized carbons (Fsp3) is 0.706. The lowest BCUT2D eigenvalue weighted by atomic mass is 9.92. The van der Waals surface area contributed by atoms with Crippen molar-refractivity contribution in [1.82, 2.24) is 15.1 Å². The summed E-state index contributed by atoms with van der Waals surface area (Å²) in [4.78, 5) is 25.8. The highest BCUT2D eigenvalue weighted by Crippen LogP contribution is 2.27. The number of piperidine rings is 1. The number of aromatic amines is 1. The number of hydrogen-bond acceptors (Lipinski definition) is 4. The molecule has 2 heterocycles. The second-order valence-electron chi connectivity index (χ2n) is 6.56. The predicted octanol–water partition coefficient (Wildman–Crippen LogP) is 2.32. The van der Waals surface area contributed by atoms with Gasteiger partial charge in [0.15, 0.2) is 0 Å². The number of carbonyl (C=O) groups excluding carboxylic acids is 2. The van der Waals surface area contributed by atoms with Gasteiger partial charge < -0.3 is 9.64 Å². The number of hydrogen-bond donors (Lipinski definition) is 1. The Labute approximate surface area is 137 Å². The summed E-state index contributed by atoms with van der Waals surface area (Å²) in [5.74, 6) is 0.527. The molecular formula is C17H27N3O3. The predicted molar refractivity (Wildman–Crippen MR) is 87.0 cm³/mol. The minimum Gasteiger partial charge on any atom is -0.469 e. The van der Waals surface area contributed by atoms with Crippen LogP contribution in [-0.2, 0) is 14.3 Å². The number of H-pyrrole nitrogens is 1. The minimum atomic E-state index is -0.158. The quantitative estimate of drug-likeness (QED) is 0.845. The third-order valence-electron chi connectivity index (χ3n) is 4.81. The van der Waals surface area contributed by atoms with Gasteiger partial charge in [-0.3, -0.25) is 14.7 Å². The molecule has 0 saturated carbocycles. The van der Waals surface area contributed by atoms with Crippen LogP contribution in [0.25, 0.3) is 0 Å². The average Bonchev–Trinajstić information content (AvgIpc) is 2.86. The molecule has 23 heavy (non-hydrogen) atoms. The van der Waals surface area contributed by atoms with Gasteiger partial charge in [-0.2, -0.15) is 5.10 Å². The van der Waals surface area contributed by atoms with Crippen LogP contribution in [0.15, 0.2) is 0 Å². The minimum absolute atomic E-state index is 0.158. The summed E-state index contributed by atoms with van der Waals surface area (Å²) >= 11 is 0. The fourth-order valence-corrected chi connectivity index (χ4v) is 3.48. The van der Waals surface area contributed by atoms with Gasteiger partial charge >= 0.3 is 5.97 Å². The standard InChI is InChI=1S/C17H27N3O3/c1-11(17-12(2)18-19-13(17)3)9-15(21)20-7-5-14(6-8-20)10-16(22)23-4/h11,14H,5-10H2,1-4H3,(H,18,19). The number of methoxy groups -OCH3 is 1. The molecule has 128 valence electrons. The number of carbonyl (C=O) groups is 2. The van der Waals surface area contributed by atoms with E-state index < -0.39 is 0 Å². The van der Waals surface area contributed by atoms with E-state index in [1.807, 2.05) is 18.7 Å².